The molecule has 2 aliphatic carbocycles. The molecule has 0 saturated heterocycles. The number of benzene rings is 1. The molecule has 1 aromatic rings. The van der Waals surface area contributed by atoms with Crippen LogP contribution in [0, 0.1) is 11.8 Å². The molecule has 2 aliphatic rings. The number of carbonyl (C=O) groups excluding carboxylic acids is 1. The molecule has 4 heteroatoms. The van der Waals surface area contributed by atoms with E-state index in [2.05, 4.69) is 5.32 Å². The highest BCUT2D eigenvalue weighted by atomic mass is 16.5. The first-order valence-electron chi connectivity index (χ1n) is 6.93. The molecule has 0 atom stereocenters. The Morgan fingerprint density at radius 3 is 2.47 bits per heavy atom. The third-order valence-corrected chi connectivity index (χ3v) is 4.05. The topological polar surface area (TPSA) is 64.3 Å². The number of nitrogens with one attached hydrogen (secondary N) is 1. The summed E-state index contributed by atoms with van der Waals surface area (Å²) in [4.78, 5) is 11.6. The molecule has 3 N–H and O–H groups in total. The van der Waals surface area contributed by atoms with Crippen molar-refractivity contribution in [2.45, 2.75) is 31.7 Å². The van der Waals surface area contributed by atoms with Crippen LogP contribution in [-0.4, -0.2) is 19.1 Å². The molecule has 0 amide bonds. The number of nitrogen functional groups attached to an aromatic ring is 1. The second-order valence-corrected chi connectivity index (χ2v) is 5.64. The van der Waals surface area contributed by atoms with Gasteiger partial charge in [0, 0.05) is 17.4 Å². The Labute approximate surface area is 113 Å². The van der Waals surface area contributed by atoms with Gasteiger partial charge in [-0.2, -0.15) is 0 Å². The smallest absolute Gasteiger partial charge is 0.340 e. The first-order chi connectivity index (χ1) is 9.19. The van der Waals surface area contributed by atoms with E-state index in [-0.39, 0.29) is 5.97 Å². The van der Waals surface area contributed by atoms with E-state index in [1.165, 1.54) is 32.8 Å². The summed E-state index contributed by atoms with van der Waals surface area (Å²) in [5, 5.41) is 3.59. The van der Waals surface area contributed by atoms with Crippen molar-refractivity contribution in [3.63, 3.8) is 0 Å². The maximum Gasteiger partial charge on any atom is 0.340 e. The van der Waals surface area contributed by atoms with Crippen molar-refractivity contribution in [3.05, 3.63) is 23.8 Å². The molecule has 2 saturated carbocycles. The van der Waals surface area contributed by atoms with Gasteiger partial charge in [-0.05, 0) is 55.7 Å². The average molecular weight is 260 g/mol. The van der Waals surface area contributed by atoms with Crippen molar-refractivity contribution in [1.29, 1.82) is 0 Å². The molecular weight excluding hydrogens is 240 g/mol. The first-order valence-corrected chi connectivity index (χ1v) is 6.93. The molecule has 102 valence electrons. The maximum absolute atomic E-state index is 11.6. The van der Waals surface area contributed by atoms with E-state index in [9.17, 15) is 4.79 Å². The second-order valence-electron chi connectivity index (χ2n) is 5.64. The highest BCUT2D eigenvalue weighted by Crippen LogP contribution is 2.45. The SMILES string of the molecule is COC(=O)c1cc(NC(C2CC2)C2CC2)ccc1N. The van der Waals surface area contributed by atoms with E-state index >= 15 is 0 Å². The molecule has 0 unspecified atom stereocenters. The van der Waals surface area contributed by atoms with Crippen LogP contribution in [0.25, 0.3) is 0 Å². The predicted octanol–water partition coefficient (Wildman–Crippen LogP) is 2.66. The fourth-order valence-electron chi connectivity index (χ4n) is 2.66. The Morgan fingerprint density at radius 1 is 1.32 bits per heavy atom. The van der Waals surface area contributed by atoms with Crippen LogP contribution >= 0.6 is 0 Å². The van der Waals surface area contributed by atoms with Gasteiger partial charge in [-0.1, -0.05) is 0 Å². The summed E-state index contributed by atoms with van der Waals surface area (Å²) in [6.07, 6.45) is 5.31. The van der Waals surface area contributed by atoms with Crippen molar-refractivity contribution >= 4 is 17.3 Å². The Morgan fingerprint density at radius 2 is 1.95 bits per heavy atom. The molecule has 0 heterocycles. The zero-order valence-corrected chi connectivity index (χ0v) is 11.2. The molecule has 19 heavy (non-hydrogen) atoms. The normalized spacial score (nSPS) is 18.4. The van der Waals surface area contributed by atoms with E-state index < -0.39 is 0 Å². The first kappa shape index (κ1) is 12.3. The minimum Gasteiger partial charge on any atom is -0.465 e. The zero-order valence-electron chi connectivity index (χ0n) is 11.2. The number of carbonyl (C=O) groups is 1. The fourth-order valence-corrected chi connectivity index (χ4v) is 2.66. The molecule has 2 fully saturated rings. The number of methoxy groups -OCH3 is 1. The maximum atomic E-state index is 11.6. The summed E-state index contributed by atoms with van der Waals surface area (Å²) < 4.78 is 4.75. The summed E-state index contributed by atoms with van der Waals surface area (Å²) in [7, 11) is 1.37. The number of anilines is 2. The number of esters is 1. The summed E-state index contributed by atoms with van der Waals surface area (Å²) >= 11 is 0. The Balaban J connectivity index is 1.78. The van der Waals surface area contributed by atoms with Crippen LogP contribution in [0.2, 0.25) is 0 Å². The van der Waals surface area contributed by atoms with Gasteiger partial charge in [-0.3, -0.25) is 0 Å². The van der Waals surface area contributed by atoms with Gasteiger partial charge in [0.25, 0.3) is 0 Å². The van der Waals surface area contributed by atoms with Gasteiger partial charge >= 0.3 is 5.97 Å². The summed E-state index contributed by atoms with van der Waals surface area (Å²) in [6, 6.07) is 6.08. The number of ether oxygens (including phenoxy) is 1. The molecule has 4 nitrogen and oxygen atoms in total. The Kier molecular flexibility index (Phi) is 3.09. The van der Waals surface area contributed by atoms with E-state index in [0.29, 0.717) is 17.3 Å². The van der Waals surface area contributed by atoms with Gasteiger partial charge in [-0.15, -0.1) is 0 Å². The molecule has 0 spiro atoms. The van der Waals surface area contributed by atoms with Crippen LogP contribution < -0.4 is 11.1 Å². The van der Waals surface area contributed by atoms with E-state index in [0.717, 1.165) is 17.5 Å². The van der Waals surface area contributed by atoms with Crippen LogP contribution in [0.5, 0.6) is 0 Å². The molecule has 3 rings (SSSR count). The largest absolute Gasteiger partial charge is 0.465 e. The van der Waals surface area contributed by atoms with E-state index in [1.807, 2.05) is 6.07 Å². The standard InChI is InChI=1S/C15H20N2O2/c1-19-15(18)12-8-11(6-7-13(12)16)17-14(9-2-3-9)10-4-5-10/h6-10,14,17H,2-5,16H2,1H3. The van der Waals surface area contributed by atoms with E-state index in [1.54, 1.807) is 12.1 Å². The van der Waals surface area contributed by atoms with Crippen molar-refractivity contribution in [3.8, 4) is 0 Å². The third kappa shape index (κ3) is 2.67. The molecule has 0 aliphatic heterocycles. The van der Waals surface area contributed by atoms with Gasteiger partial charge in [0.05, 0.1) is 12.7 Å². The number of nitrogens with two attached hydrogens (primary N) is 1. The Hall–Kier alpha value is -1.71. The lowest BCUT2D eigenvalue weighted by Gasteiger charge is -2.19. The lowest BCUT2D eigenvalue weighted by molar-refractivity contribution is 0.0602. The summed E-state index contributed by atoms with van der Waals surface area (Å²) in [5.41, 5.74) is 7.69. The lowest BCUT2D eigenvalue weighted by Crippen LogP contribution is -2.24. The fraction of sp³-hybridized carbons (Fsp3) is 0.533. The molecule has 0 bridgehead atoms. The molecule has 0 aromatic heterocycles. The Bertz CT molecular complexity index is 481. The predicted molar refractivity (Wildman–Crippen MR) is 75.1 cm³/mol. The highest BCUT2D eigenvalue weighted by Gasteiger charge is 2.41. The number of hydrogen-bond donors (Lipinski definition) is 2. The van der Waals surface area contributed by atoms with Crippen LogP contribution in [-0.2, 0) is 4.74 Å². The van der Waals surface area contributed by atoms with Crippen LogP contribution in [0.15, 0.2) is 18.2 Å². The van der Waals surface area contributed by atoms with Crippen LogP contribution in [0.1, 0.15) is 36.0 Å². The van der Waals surface area contributed by atoms with Crippen LogP contribution in [0.3, 0.4) is 0 Å². The number of rotatable bonds is 5. The lowest BCUT2D eigenvalue weighted by atomic mass is 10.1. The summed E-state index contributed by atoms with van der Waals surface area (Å²) in [5.74, 6) is 1.24. The van der Waals surface area contributed by atoms with Gasteiger partial charge in [-0.25, -0.2) is 4.79 Å². The molecule has 0 radical (unpaired) electrons. The highest BCUT2D eigenvalue weighted by molar-refractivity contribution is 5.96. The molecular formula is C15H20N2O2. The number of hydrogen-bond acceptors (Lipinski definition) is 4. The average Bonchev–Trinajstić information content (AvgIpc) is 3.29. The summed E-state index contributed by atoms with van der Waals surface area (Å²) in [6.45, 7) is 0. The van der Waals surface area contributed by atoms with Gasteiger partial charge < -0.3 is 15.8 Å². The second kappa shape index (κ2) is 4.76. The van der Waals surface area contributed by atoms with Gasteiger partial charge in [0.1, 0.15) is 0 Å². The third-order valence-electron chi connectivity index (χ3n) is 4.05. The van der Waals surface area contributed by atoms with Crippen molar-refractivity contribution in [2.75, 3.05) is 18.2 Å². The van der Waals surface area contributed by atoms with Gasteiger partial charge in [0.15, 0.2) is 0 Å². The van der Waals surface area contributed by atoms with Crippen molar-refractivity contribution < 1.29 is 9.53 Å². The van der Waals surface area contributed by atoms with Crippen molar-refractivity contribution in [2.24, 2.45) is 11.8 Å². The van der Waals surface area contributed by atoms with E-state index in [4.69, 9.17) is 10.5 Å². The minimum atomic E-state index is -0.379. The van der Waals surface area contributed by atoms with Crippen molar-refractivity contribution in [1.82, 2.24) is 0 Å². The monoisotopic (exact) mass is 260 g/mol. The molecule has 1 aromatic carbocycles. The van der Waals surface area contributed by atoms with Crippen LogP contribution in [0.4, 0.5) is 11.4 Å². The minimum absolute atomic E-state index is 0.379. The quantitative estimate of drug-likeness (QED) is 0.631. The van der Waals surface area contributed by atoms with Gasteiger partial charge in [0.2, 0.25) is 0 Å². The zero-order chi connectivity index (χ0) is 13.4.